The van der Waals surface area contributed by atoms with Crippen molar-refractivity contribution in [3.8, 4) is 0 Å². The normalized spacial score (nSPS) is 16.6. The van der Waals surface area contributed by atoms with Gasteiger partial charge in [0.15, 0.2) is 0 Å². The number of H-pyrrole nitrogens is 1. The maximum absolute atomic E-state index is 13.3. The van der Waals surface area contributed by atoms with E-state index in [1.807, 2.05) is 20.8 Å². The molecule has 0 radical (unpaired) electrons. The van der Waals surface area contributed by atoms with E-state index < -0.39 is 16.0 Å². The lowest BCUT2D eigenvalue weighted by molar-refractivity contribution is -0.127. The molecular weight excluding hydrogens is 394 g/mol. The number of nitrogens with zero attached hydrogens (tertiary/aromatic N) is 1. The van der Waals surface area contributed by atoms with Gasteiger partial charge in [0.25, 0.3) is 0 Å². The second kappa shape index (κ2) is 8.87. The first-order valence-electron chi connectivity index (χ1n) is 10.1. The molecule has 1 saturated heterocycles. The number of hydrogen-bond donors (Lipinski definition) is 2. The molecule has 1 fully saturated rings. The highest BCUT2D eigenvalue weighted by Gasteiger charge is 2.37. The van der Waals surface area contributed by atoms with Gasteiger partial charge in [0, 0.05) is 35.9 Å². The van der Waals surface area contributed by atoms with Gasteiger partial charge >= 0.3 is 5.97 Å². The van der Waals surface area contributed by atoms with Crippen LogP contribution in [0, 0.1) is 19.8 Å². The minimum atomic E-state index is -3.89. The van der Waals surface area contributed by atoms with Crippen molar-refractivity contribution in [3.05, 3.63) is 17.0 Å². The SMILES string of the molecule is CCOC(=O)c1c(C)[nH]c(C)c1S(=O)(=O)N1CCC(C(=O)NC(C)(C)CC)CC1. The third-order valence-electron chi connectivity index (χ3n) is 5.57. The molecule has 0 atom stereocenters. The number of aromatic amines is 1. The molecule has 1 aliphatic rings. The number of ether oxygens (including phenoxy) is 1. The average molecular weight is 428 g/mol. The van der Waals surface area contributed by atoms with Gasteiger partial charge in [-0.2, -0.15) is 4.31 Å². The van der Waals surface area contributed by atoms with Gasteiger partial charge in [-0.3, -0.25) is 4.79 Å². The van der Waals surface area contributed by atoms with Crippen LogP contribution in [0.1, 0.15) is 68.7 Å². The smallest absolute Gasteiger partial charge is 0.341 e. The van der Waals surface area contributed by atoms with Crippen molar-refractivity contribution >= 4 is 21.9 Å². The van der Waals surface area contributed by atoms with Crippen molar-refractivity contribution in [2.75, 3.05) is 19.7 Å². The summed E-state index contributed by atoms with van der Waals surface area (Å²) in [5.41, 5.74) is 0.661. The number of aryl methyl sites for hydroxylation is 2. The molecule has 1 aromatic heterocycles. The molecule has 2 rings (SSSR count). The van der Waals surface area contributed by atoms with Crippen LogP contribution in [0.15, 0.2) is 4.90 Å². The lowest BCUT2D eigenvalue weighted by atomic mass is 9.94. The molecule has 0 saturated carbocycles. The molecule has 29 heavy (non-hydrogen) atoms. The molecule has 2 heterocycles. The van der Waals surface area contributed by atoms with Gasteiger partial charge in [0.2, 0.25) is 15.9 Å². The summed E-state index contributed by atoms with van der Waals surface area (Å²) in [4.78, 5) is 27.8. The number of aromatic nitrogens is 1. The number of hydrogen-bond acceptors (Lipinski definition) is 5. The molecule has 0 aliphatic carbocycles. The van der Waals surface area contributed by atoms with E-state index in [1.54, 1.807) is 20.8 Å². The van der Waals surface area contributed by atoms with Gasteiger partial charge in [-0.15, -0.1) is 0 Å². The lowest BCUT2D eigenvalue weighted by Gasteiger charge is -2.33. The Kier molecular flexibility index (Phi) is 7.16. The zero-order chi connectivity index (χ0) is 22.0. The highest BCUT2D eigenvalue weighted by molar-refractivity contribution is 7.89. The van der Waals surface area contributed by atoms with Crippen LogP contribution in [-0.4, -0.2) is 54.8 Å². The molecular formula is C20H33N3O5S. The Bertz CT molecular complexity index is 865. The Labute approximate surface area is 173 Å². The molecule has 0 unspecified atom stereocenters. The van der Waals surface area contributed by atoms with E-state index in [0.29, 0.717) is 24.2 Å². The molecule has 1 amide bonds. The van der Waals surface area contributed by atoms with E-state index in [1.165, 1.54) is 4.31 Å². The van der Waals surface area contributed by atoms with Crippen LogP contribution in [-0.2, 0) is 19.6 Å². The summed E-state index contributed by atoms with van der Waals surface area (Å²) in [7, 11) is -3.89. The van der Waals surface area contributed by atoms with E-state index in [0.717, 1.165) is 6.42 Å². The Morgan fingerprint density at radius 3 is 2.28 bits per heavy atom. The van der Waals surface area contributed by atoms with Gasteiger partial charge in [0.1, 0.15) is 10.5 Å². The fraction of sp³-hybridized carbons (Fsp3) is 0.700. The number of amides is 1. The zero-order valence-corrected chi connectivity index (χ0v) is 19.0. The molecule has 2 N–H and O–H groups in total. The third-order valence-corrected chi connectivity index (χ3v) is 7.64. The highest BCUT2D eigenvalue weighted by atomic mass is 32.2. The fourth-order valence-corrected chi connectivity index (χ4v) is 5.42. The topological polar surface area (TPSA) is 109 Å². The number of esters is 1. The number of carbonyl (C=O) groups is 2. The average Bonchev–Trinajstić information content (AvgIpc) is 2.96. The van der Waals surface area contributed by atoms with Gasteiger partial charge < -0.3 is 15.0 Å². The van der Waals surface area contributed by atoms with Crippen LogP contribution >= 0.6 is 0 Å². The molecule has 0 aromatic carbocycles. The fourth-order valence-electron chi connectivity index (χ4n) is 3.54. The van der Waals surface area contributed by atoms with E-state index in [-0.39, 0.29) is 47.5 Å². The quantitative estimate of drug-likeness (QED) is 0.650. The maximum Gasteiger partial charge on any atom is 0.341 e. The predicted octanol–water partition coefficient (Wildman–Crippen LogP) is 2.51. The summed E-state index contributed by atoms with van der Waals surface area (Å²) in [6.45, 7) is 11.6. The third kappa shape index (κ3) is 5.01. The number of carbonyl (C=O) groups excluding carboxylic acids is 2. The Hall–Kier alpha value is -1.87. The van der Waals surface area contributed by atoms with Crippen LogP contribution in [0.25, 0.3) is 0 Å². The van der Waals surface area contributed by atoms with Crippen LogP contribution in [0.3, 0.4) is 0 Å². The molecule has 0 bridgehead atoms. The first-order valence-corrected chi connectivity index (χ1v) is 11.6. The summed E-state index contributed by atoms with van der Waals surface area (Å²) in [5.74, 6) is -0.898. The lowest BCUT2D eigenvalue weighted by Crippen LogP contribution is -2.49. The first kappa shape index (κ1) is 23.4. The molecule has 1 aliphatic heterocycles. The Morgan fingerprint density at radius 1 is 1.17 bits per heavy atom. The van der Waals surface area contributed by atoms with Crippen molar-refractivity contribution in [2.24, 2.45) is 5.92 Å². The minimum Gasteiger partial charge on any atom is -0.462 e. The van der Waals surface area contributed by atoms with Crippen LogP contribution < -0.4 is 5.32 Å². The minimum absolute atomic E-state index is 0.0246. The molecule has 8 nitrogen and oxygen atoms in total. The summed E-state index contributed by atoms with van der Waals surface area (Å²) in [5, 5.41) is 3.04. The van der Waals surface area contributed by atoms with Crippen LogP contribution in [0.2, 0.25) is 0 Å². The Balaban J connectivity index is 2.19. The summed E-state index contributed by atoms with van der Waals surface area (Å²) < 4.78 is 33.0. The van der Waals surface area contributed by atoms with E-state index >= 15 is 0 Å². The van der Waals surface area contributed by atoms with Crippen molar-refractivity contribution < 1.29 is 22.7 Å². The largest absolute Gasteiger partial charge is 0.462 e. The number of piperidine rings is 1. The van der Waals surface area contributed by atoms with Gasteiger partial charge in [-0.25, -0.2) is 13.2 Å². The maximum atomic E-state index is 13.3. The predicted molar refractivity (Wildman–Crippen MR) is 110 cm³/mol. The van der Waals surface area contributed by atoms with Crippen molar-refractivity contribution in [3.63, 3.8) is 0 Å². The van der Waals surface area contributed by atoms with Crippen LogP contribution in [0.5, 0.6) is 0 Å². The van der Waals surface area contributed by atoms with Crippen molar-refractivity contribution in [1.29, 1.82) is 0 Å². The van der Waals surface area contributed by atoms with E-state index in [2.05, 4.69) is 10.3 Å². The first-order chi connectivity index (χ1) is 13.4. The second-order valence-electron chi connectivity index (χ2n) is 8.20. The second-order valence-corrected chi connectivity index (χ2v) is 10.1. The number of nitrogens with one attached hydrogen (secondary N) is 2. The molecule has 9 heteroatoms. The van der Waals surface area contributed by atoms with Gasteiger partial charge in [-0.1, -0.05) is 6.92 Å². The monoisotopic (exact) mass is 427 g/mol. The molecule has 1 aromatic rings. The van der Waals surface area contributed by atoms with Crippen molar-refractivity contribution in [1.82, 2.24) is 14.6 Å². The summed E-state index contributed by atoms with van der Waals surface area (Å²) in [6.07, 6.45) is 1.71. The number of sulfonamides is 1. The number of rotatable bonds is 7. The highest BCUT2D eigenvalue weighted by Crippen LogP contribution is 2.30. The standard InChI is InChI=1S/C20H33N3O5S/c1-7-20(5,6)22-18(24)15-9-11-23(12-10-15)29(26,27)17-14(4)21-13(3)16(17)19(25)28-8-2/h15,21H,7-12H2,1-6H3,(H,22,24). The summed E-state index contributed by atoms with van der Waals surface area (Å²) >= 11 is 0. The van der Waals surface area contributed by atoms with E-state index in [4.69, 9.17) is 4.74 Å². The Morgan fingerprint density at radius 2 is 1.76 bits per heavy atom. The summed E-state index contributed by atoms with van der Waals surface area (Å²) in [6, 6.07) is 0. The zero-order valence-electron chi connectivity index (χ0n) is 18.2. The van der Waals surface area contributed by atoms with Crippen LogP contribution in [0.4, 0.5) is 0 Å². The molecule has 0 spiro atoms. The van der Waals surface area contributed by atoms with Crippen molar-refractivity contribution in [2.45, 2.75) is 71.2 Å². The van der Waals surface area contributed by atoms with Gasteiger partial charge in [0.05, 0.1) is 6.61 Å². The molecule has 164 valence electrons. The van der Waals surface area contributed by atoms with Gasteiger partial charge in [-0.05, 0) is 53.9 Å². The van der Waals surface area contributed by atoms with E-state index in [9.17, 15) is 18.0 Å².